The molecule has 8 heteroatoms. The van der Waals surface area contributed by atoms with Gasteiger partial charge in [0.2, 0.25) is 11.5 Å². The molecule has 3 aromatic carbocycles. The second kappa shape index (κ2) is 9.61. The summed E-state index contributed by atoms with van der Waals surface area (Å²) in [6.45, 7) is 1.76. The van der Waals surface area contributed by atoms with Gasteiger partial charge in [0, 0.05) is 16.1 Å². The van der Waals surface area contributed by atoms with Crippen molar-refractivity contribution in [1.29, 1.82) is 0 Å². The van der Waals surface area contributed by atoms with Crippen LogP contribution in [0.5, 0.6) is 28.7 Å². The van der Waals surface area contributed by atoms with Crippen molar-refractivity contribution in [2.75, 3.05) is 21.3 Å². The number of methoxy groups -OCH3 is 3. The number of carbonyl (C=O) groups is 2. The average molecular weight is 525 g/mol. The first-order valence-electron chi connectivity index (χ1n) is 10.2. The van der Waals surface area contributed by atoms with Crippen molar-refractivity contribution in [3.63, 3.8) is 0 Å². The van der Waals surface area contributed by atoms with Crippen LogP contribution >= 0.6 is 15.9 Å². The van der Waals surface area contributed by atoms with Crippen LogP contribution < -0.4 is 23.7 Å². The fraction of sp³-hybridized carbons (Fsp3) is 0.154. The summed E-state index contributed by atoms with van der Waals surface area (Å²) < 4.78 is 28.4. The number of esters is 1. The fourth-order valence-corrected chi connectivity index (χ4v) is 3.93. The van der Waals surface area contributed by atoms with Gasteiger partial charge in [-0.25, -0.2) is 4.79 Å². The zero-order valence-corrected chi connectivity index (χ0v) is 20.5. The SMILES string of the molecule is COc1ccc(/C=C2\Oc3cc(OC(=O)c4ccc(Br)cc4)cc(C)c3C2=O)c(OC)c1OC. The van der Waals surface area contributed by atoms with Gasteiger partial charge in [0.05, 0.1) is 32.5 Å². The Kier molecular flexibility index (Phi) is 6.61. The van der Waals surface area contributed by atoms with E-state index in [0.29, 0.717) is 45.3 Å². The maximum atomic E-state index is 13.1. The first kappa shape index (κ1) is 23.4. The Hall–Kier alpha value is -3.78. The lowest BCUT2D eigenvalue weighted by Crippen LogP contribution is -2.08. The molecular weight excluding hydrogens is 504 g/mol. The lowest BCUT2D eigenvalue weighted by Gasteiger charge is -2.14. The maximum Gasteiger partial charge on any atom is 0.343 e. The van der Waals surface area contributed by atoms with Crippen LogP contribution in [0.3, 0.4) is 0 Å². The van der Waals surface area contributed by atoms with Crippen LogP contribution in [-0.2, 0) is 0 Å². The van der Waals surface area contributed by atoms with Crippen LogP contribution in [-0.4, -0.2) is 33.1 Å². The summed E-state index contributed by atoms with van der Waals surface area (Å²) in [5.74, 6) is 1.22. The van der Waals surface area contributed by atoms with E-state index in [1.165, 1.54) is 27.4 Å². The van der Waals surface area contributed by atoms with E-state index in [1.807, 2.05) is 0 Å². The quantitative estimate of drug-likeness (QED) is 0.235. The number of benzene rings is 3. The first-order chi connectivity index (χ1) is 16.4. The number of Topliss-reactive ketones (excluding diaryl/α,β-unsaturated/α-hetero) is 1. The van der Waals surface area contributed by atoms with E-state index in [2.05, 4.69) is 15.9 Å². The molecule has 0 aliphatic carbocycles. The lowest BCUT2D eigenvalue weighted by molar-refractivity contribution is 0.0734. The molecule has 4 rings (SSSR count). The van der Waals surface area contributed by atoms with Gasteiger partial charge < -0.3 is 23.7 Å². The summed E-state index contributed by atoms with van der Waals surface area (Å²) in [4.78, 5) is 25.6. The van der Waals surface area contributed by atoms with E-state index in [4.69, 9.17) is 23.7 Å². The summed E-state index contributed by atoms with van der Waals surface area (Å²) in [6.07, 6.45) is 1.58. The largest absolute Gasteiger partial charge is 0.493 e. The third-order valence-corrected chi connectivity index (χ3v) is 5.78. The van der Waals surface area contributed by atoms with Gasteiger partial charge in [0.25, 0.3) is 0 Å². The fourth-order valence-electron chi connectivity index (χ4n) is 3.67. The predicted octanol–water partition coefficient (Wildman–Crippen LogP) is 5.62. The van der Waals surface area contributed by atoms with Crippen molar-refractivity contribution in [1.82, 2.24) is 0 Å². The molecule has 0 spiro atoms. The Morgan fingerprint density at radius 1 is 0.941 bits per heavy atom. The highest BCUT2D eigenvalue weighted by atomic mass is 79.9. The molecule has 1 heterocycles. The Morgan fingerprint density at radius 2 is 1.65 bits per heavy atom. The molecule has 1 aliphatic heterocycles. The molecule has 0 amide bonds. The molecule has 174 valence electrons. The molecule has 0 radical (unpaired) electrons. The molecule has 0 bridgehead atoms. The number of rotatable bonds is 6. The van der Waals surface area contributed by atoms with Gasteiger partial charge in [0.15, 0.2) is 17.3 Å². The number of allylic oxidation sites excluding steroid dienone is 1. The third kappa shape index (κ3) is 4.36. The monoisotopic (exact) mass is 524 g/mol. The van der Waals surface area contributed by atoms with Crippen LogP contribution in [0.4, 0.5) is 0 Å². The van der Waals surface area contributed by atoms with Gasteiger partial charge in [-0.3, -0.25) is 4.79 Å². The van der Waals surface area contributed by atoms with Crippen molar-refractivity contribution in [3.8, 4) is 28.7 Å². The number of hydrogen-bond acceptors (Lipinski definition) is 7. The van der Waals surface area contributed by atoms with Gasteiger partial charge in [-0.15, -0.1) is 0 Å². The number of aryl methyl sites for hydroxylation is 1. The minimum Gasteiger partial charge on any atom is -0.493 e. The molecular formula is C26H21BrO7. The van der Waals surface area contributed by atoms with Crippen LogP contribution in [0.2, 0.25) is 0 Å². The maximum absolute atomic E-state index is 13.1. The molecule has 1 aliphatic rings. The van der Waals surface area contributed by atoms with E-state index < -0.39 is 5.97 Å². The van der Waals surface area contributed by atoms with Gasteiger partial charge in [-0.1, -0.05) is 15.9 Å². The van der Waals surface area contributed by atoms with Gasteiger partial charge >= 0.3 is 5.97 Å². The topological polar surface area (TPSA) is 80.3 Å². The van der Waals surface area contributed by atoms with Crippen LogP contribution in [0.1, 0.15) is 31.8 Å². The van der Waals surface area contributed by atoms with E-state index in [1.54, 1.807) is 55.5 Å². The van der Waals surface area contributed by atoms with Gasteiger partial charge in [-0.05, 0) is 61.0 Å². The Morgan fingerprint density at radius 3 is 2.29 bits per heavy atom. The van der Waals surface area contributed by atoms with E-state index in [9.17, 15) is 9.59 Å². The van der Waals surface area contributed by atoms with Gasteiger partial charge in [0.1, 0.15) is 11.5 Å². The molecule has 0 unspecified atom stereocenters. The van der Waals surface area contributed by atoms with Crippen molar-refractivity contribution in [2.24, 2.45) is 0 Å². The standard InChI is InChI=1S/C26H21BrO7/c1-14-11-18(33-26(29)15-5-8-17(27)9-6-15)13-20-22(14)23(28)21(34-20)12-16-7-10-19(30-2)25(32-4)24(16)31-3/h5-13H,1-4H3/b21-12-. The zero-order valence-electron chi connectivity index (χ0n) is 18.9. The highest BCUT2D eigenvalue weighted by molar-refractivity contribution is 9.10. The van der Waals surface area contributed by atoms with Crippen molar-refractivity contribution < 1.29 is 33.3 Å². The number of ether oxygens (including phenoxy) is 5. The normalized spacial score (nSPS) is 13.3. The number of halogens is 1. The predicted molar refractivity (Wildman–Crippen MR) is 129 cm³/mol. The molecule has 0 atom stereocenters. The summed E-state index contributed by atoms with van der Waals surface area (Å²) >= 11 is 3.34. The summed E-state index contributed by atoms with van der Waals surface area (Å²) in [5.41, 5.74) is 2.02. The van der Waals surface area contributed by atoms with Crippen molar-refractivity contribution >= 4 is 33.8 Å². The van der Waals surface area contributed by atoms with Crippen molar-refractivity contribution in [2.45, 2.75) is 6.92 Å². The van der Waals surface area contributed by atoms with Gasteiger partial charge in [-0.2, -0.15) is 0 Å². The smallest absolute Gasteiger partial charge is 0.343 e. The number of carbonyl (C=O) groups excluding carboxylic acids is 2. The molecule has 0 saturated carbocycles. The van der Waals surface area contributed by atoms with E-state index >= 15 is 0 Å². The lowest BCUT2D eigenvalue weighted by atomic mass is 10.0. The second-order valence-electron chi connectivity index (χ2n) is 7.37. The molecule has 3 aromatic rings. The summed E-state index contributed by atoms with van der Waals surface area (Å²) in [6, 6.07) is 13.4. The van der Waals surface area contributed by atoms with Crippen LogP contribution in [0.25, 0.3) is 6.08 Å². The minimum absolute atomic E-state index is 0.111. The molecule has 0 saturated heterocycles. The molecule has 0 aromatic heterocycles. The zero-order chi connectivity index (χ0) is 24.4. The summed E-state index contributed by atoms with van der Waals surface area (Å²) in [7, 11) is 4.53. The Bertz CT molecular complexity index is 1310. The first-order valence-corrected chi connectivity index (χ1v) is 11.0. The summed E-state index contributed by atoms with van der Waals surface area (Å²) in [5, 5.41) is 0. The van der Waals surface area contributed by atoms with E-state index in [0.717, 1.165) is 4.47 Å². The van der Waals surface area contributed by atoms with E-state index in [-0.39, 0.29) is 17.3 Å². The number of hydrogen-bond donors (Lipinski definition) is 0. The average Bonchev–Trinajstić information content (AvgIpc) is 3.14. The number of ketones is 1. The van der Waals surface area contributed by atoms with Crippen LogP contribution in [0, 0.1) is 6.92 Å². The number of fused-ring (bicyclic) bond motifs is 1. The molecule has 0 N–H and O–H groups in total. The highest BCUT2D eigenvalue weighted by Crippen LogP contribution is 2.42. The molecule has 0 fully saturated rings. The second-order valence-corrected chi connectivity index (χ2v) is 8.29. The van der Waals surface area contributed by atoms with Crippen molar-refractivity contribution in [3.05, 3.63) is 81.0 Å². The Balaban J connectivity index is 1.64. The Labute approximate surface area is 205 Å². The minimum atomic E-state index is -0.512. The van der Waals surface area contributed by atoms with Crippen LogP contribution in [0.15, 0.2) is 58.8 Å². The molecule has 34 heavy (non-hydrogen) atoms. The third-order valence-electron chi connectivity index (χ3n) is 5.26. The highest BCUT2D eigenvalue weighted by Gasteiger charge is 2.31. The molecule has 7 nitrogen and oxygen atoms in total.